The Hall–Kier alpha value is -2.34. The molecule has 1 atom stereocenters. The maximum absolute atomic E-state index is 12.8. The molecule has 0 N–H and O–H groups in total. The van der Waals surface area contributed by atoms with Crippen LogP contribution in [0.25, 0.3) is 5.57 Å². The van der Waals surface area contributed by atoms with Gasteiger partial charge in [-0.1, -0.05) is 12.1 Å². The molecule has 26 heavy (non-hydrogen) atoms. The first-order chi connectivity index (χ1) is 12.6. The van der Waals surface area contributed by atoms with Gasteiger partial charge in [0.1, 0.15) is 11.8 Å². The summed E-state index contributed by atoms with van der Waals surface area (Å²) < 4.78 is 10.5. The highest BCUT2D eigenvalue weighted by atomic mass is 16.5. The van der Waals surface area contributed by atoms with E-state index < -0.39 is 0 Å². The van der Waals surface area contributed by atoms with Crippen LogP contribution in [0.4, 0.5) is 0 Å². The summed E-state index contributed by atoms with van der Waals surface area (Å²) in [5, 5.41) is 0. The summed E-state index contributed by atoms with van der Waals surface area (Å²) in [7, 11) is 1.63. The summed E-state index contributed by atoms with van der Waals surface area (Å²) in [4.78, 5) is 29.1. The summed E-state index contributed by atoms with van der Waals surface area (Å²) >= 11 is 0. The molecule has 2 fully saturated rings. The monoisotopic (exact) mass is 358 g/mol. The fourth-order valence-corrected chi connectivity index (χ4v) is 3.49. The molecular formula is C20H26N2O4. The van der Waals surface area contributed by atoms with Gasteiger partial charge in [0.25, 0.3) is 0 Å². The fraction of sp³-hybridized carbons (Fsp3) is 0.500. The number of hydrogen-bond donors (Lipinski definition) is 0. The largest absolute Gasteiger partial charge is 0.497 e. The Kier molecular flexibility index (Phi) is 5.93. The minimum Gasteiger partial charge on any atom is -0.497 e. The van der Waals surface area contributed by atoms with E-state index in [4.69, 9.17) is 9.47 Å². The first-order valence-electron chi connectivity index (χ1n) is 9.10. The number of amides is 2. The Labute approximate surface area is 154 Å². The summed E-state index contributed by atoms with van der Waals surface area (Å²) in [6, 6.07) is 7.26. The van der Waals surface area contributed by atoms with E-state index in [0.29, 0.717) is 32.8 Å². The van der Waals surface area contributed by atoms with Gasteiger partial charge >= 0.3 is 0 Å². The Balaban J connectivity index is 1.69. The van der Waals surface area contributed by atoms with Crippen LogP contribution in [0.15, 0.2) is 30.3 Å². The minimum absolute atomic E-state index is 0.0506. The number of carbonyl (C=O) groups excluding carboxylic acids is 2. The second kappa shape index (κ2) is 8.36. The van der Waals surface area contributed by atoms with Crippen molar-refractivity contribution in [3.8, 4) is 5.75 Å². The molecule has 6 heteroatoms. The van der Waals surface area contributed by atoms with Crippen molar-refractivity contribution in [3.05, 3.63) is 35.9 Å². The van der Waals surface area contributed by atoms with Crippen LogP contribution >= 0.6 is 0 Å². The number of carbonyl (C=O) groups is 2. The van der Waals surface area contributed by atoms with Gasteiger partial charge in [0.05, 0.1) is 20.3 Å². The smallest absolute Gasteiger partial charge is 0.247 e. The molecule has 2 aliphatic heterocycles. The van der Waals surface area contributed by atoms with Gasteiger partial charge in [0, 0.05) is 25.7 Å². The van der Waals surface area contributed by atoms with Gasteiger partial charge in [0.2, 0.25) is 11.8 Å². The zero-order valence-electron chi connectivity index (χ0n) is 15.4. The zero-order valence-corrected chi connectivity index (χ0v) is 15.4. The average Bonchev–Trinajstić information content (AvgIpc) is 3.18. The molecule has 2 heterocycles. The van der Waals surface area contributed by atoms with Gasteiger partial charge in [-0.15, -0.1) is 0 Å². The van der Waals surface area contributed by atoms with Crippen LogP contribution in [0.5, 0.6) is 5.75 Å². The number of allylic oxidation sites excluding steroid dienone is 1. The molecule has 0 radical (unpaired) electrons. The van der Waals surface area contributed by atoms with Crippen LogP contribution in [0.1, 0.15) is 25.3 Å². The first-order valence-corrected chi connectivity index (χ1v) is 9.10. The molecule has 2 amide bonds. The van der Waals surface area contributed by atoms with Crippen LogP contribution in [0.3, 0.4) is 0 Å². The third kappa shape index (κ3) is 4.07. The normalized spacial score (nSPS) is 21.0. The Morgan fingerprint density at radius 3 is 2.50 bits per heavy atom. The van der Waals surface area contributed by atoms with Crippen molar-refractivity contribution >= 4 is 17.4 Å². The molecule has 1 aromatic carbocycles. The molecule has 0 saturated carbocycles. The van der Waals surface area contributed by atoms with Gasteiger partial charge in [-0.2, -0.15) is 0 Å². The highest BCUT2D eigenvalue weighted by molar-refractivity contribution is 5.98. The van der Waals surface area contributed by atoms with E-state index in [2.05, 4.69) is 0 Å². The SMILES string of the molecule is COc1ccc(/C(C)=C/C(=O)N2CCC[C@H]2C(=O)N2CCOCC2)cc1. The number of methoxy groups -OCH3 is 1. The molecule has 1 aromatic rings. The van der Waals surface area contributed by atoms with Crippen LogP contribution in [-0.2, 0) is 14.3 Å². The van der Waals surface area contributed by atoms with E-state index in [1.165, 1.54) is 0 Å². The molecular weight excluding hydrogens is 332 g/mol. The maximum Gasteiger partial charge on any atom is 0.247 e. The number of morpholine rings is 1. The van der Waals surface area contributed by atoms with Gasteiger partial charge in [-0.05, 0) is 43.0 Å². The molecule has 0 aliphatic carbocycles. The number of ether oxygens (including phenoxy) is 2. The van der Waals surface area contributed by atoms with E-state index in [-0.39, 0.29) is 17.9 Å². The van der Waals surface area contributed by atoms with Crippen molar-refractivity contribution in [2.24, 2.45) is 0 Å². The van der Waals surface area contributed by atoms with Crippen LogP contribution in [0.2, 0.25) is 0 Å². The molecule has 0 aromatic heterocycles. The lowest BCUT2D eigenvalue weighted by Gasteiger charge is -2.32. The second-order valence-corrected chi connectivity index (χ2v) is 6.68. The molecule has 0 unspecified atom stereocenters. The third-order valence-corrected chi connectivity index (χ3v) is 5.03. The van der Waals surface area contributed by atoms with Crippen LogP contribution in [-0.4, -0.2) is 67.6 Å². The summed E-state index contributed by atoms with van der Waals surface area (Å²) in [6.07, 6.45) is 3.23. The summed E-state index contributed by atoms with van der Waals surface area (Å²) in [6.45, 7) is 4.91. The van der Waals surface area contributed by atoms with Crippen molar-refractivity contribution in [1.82, 2.24) is 9.80 Å². The van der Waals surface area contributed by atoms with Crippen molar-refractivity contribution in [2.45, 2.75) is 25.8 Å². The maximum atomic E-state index is 12.8. The molecule has 3 rings (SSSR count). The lowest BCUT2D eigenvalue weighted by molar-refractivity contribution is -0.144. The van der Waals surface area contributed by atoms with Crippen molar-refractivity contribution in [3.63, 3.8) is 0 Å². The summed E-state index contributed by atoms with van der Waals surface area (Å²) in [5.74, 6) is 0.737. The van der Waals surface area contributed by atoms with E-state index in [9.17, 15) is 9.59 Å². The predicted molar refractivity (Wildman–Crippen MR) is 98.8 cm³/mol. The van der Waals surface area contributed by atoms with Crippen molar-refractivity contribution in [2.75, 3.05) is 40.0 Å². The lowest BCUT2D eigenvalue weighted by atomic mass is 10.1. The average molecular weight is 358 g/mol. The number of benzene rings is 1. The number of nitrogens with zero attached hydrogens (tertiary/aromatic N) is 2. The van der Waals surface area contributed by atoms with Gasteiger partial charge in [-0.3, -0.25) is 9.59 Å². The molecule has 0 bridgehead atoms. The predicted octanol–water partition coefficient (Wildman–Crippen LogP) is 1.95. The molecule has 2 saturated heterocycles. The van der Waals surface area contributed by atoms with Crippen molar-refractivity contribution in [1.29, 1.82) is 0 Å². The van der Waals surface area contributed by atoms with Crippen LogP contribution in [0, 0.1) is 0 Å². The Morgan fingerprint density at radius 2 is 1.85 bits per heavy atom. The highest BCUT2D eigenvalue weighted by Gasteiger charge is 2.36. The topological polar surface area (TPSA) is 59.1 Å². The van der Waals surface area contributed by atoms with E-state index in [1.54, 1.807) is 18.1 Å². The van der Waals surface area contributed by atoms with Gasteiger partial charge < -0.3 is 19.3 Å². The number of rotatable bonds is 4. The molecule has 140 valence electrons. The Bertz CT molecular complexity index is 678. The van der Waals surface area contributed by atoms with E-state index in [1.807, 2.05) is 36.1 Å². The fourth-order valence-electron chi connectivity index (χ4n) is 3.49. The van der Waals surface area contributed by atoms with E-state index in [0.717, 1.165) is 29.7 Å². The highest BCUT2D eigenvalue weighted by Crippen LogP contribution is 2.23. The number of hydrogen-bond acceptors (Lipinski definition) is 4. The standard InChI is InChI=1S/C20H26N2O4/c1-15(16-5-7-17(25-2)8-6-16)14-19(23)22-9-3-4-18(22)20(24)21-10-12-26-13-11-21/h5-8,14,18H,3-4,9-13H2,1-2H3/b15-14+/t18-/m0/s1. The molecule has 0 spiro atoms. The lowest BCUT2D eigenvalue weighted by Crippen LogP contribution is -2.50. The van der Waals surface area contributed by atoms with E-state index >= 15 is 0 Å². The van der Waals surface area contributed by atoms with Gasteiger partial charge in [0.15, 0.2) is 0 Å². The Morgan fingerprint density at radius 1 is 1.15 bits per heavy atom. The quantitative estimate of drug-likeness (QED) is 0.772. The van der Waals surface area contributed by atoms with Crippen LogP contribution < -0.4 is 4.74 Å². The summed E-state index contributed by atoms with van der Waals surface area (Å²) in [5.41, 5.74) is 1.84. The molecule has 2 aliphatic rings. The van der Waals surface area contributed by atoms with Gasteiger partial charge in [-0.25, -0.2) is 0 Å². The zero-order chi connectivity index (χ0) is 18.5. The number of likely N-dealkylation sites (tertiary alicyclic amines) is 1. The third-order valence-electron chi connectivity index (χ3n) is 5.03. The first kappa shape index (κ1) is 18.5. The second-order valence-electron chi connectivity index (χ2n) is 6.68. The van der Waals surface area contributed by atoms with Crippen molar-refractivity contribution < 1.29 is 19.1 Å². The molecule has 6 nitrogen and oxygen atoms in total. The minimum atomic E-state index is -0.347.